The Kier molecular flexibility index (Phi) is 3.64. The van der Waals surface area contributed by atoms with Gasteiger partial charge in [-0.25, -0.2) is 4.68 Å². The van der Waals surface area contributed by atoms with Crippen molar-refractivity contribution < 1.29 is 4.79 Å². The van der Waals surface area contributed by atoms with Crippen molar-refractivity contribution in [3.8, 4) is 0 Å². The van der Waals surface area contributed by atoms with Crippen molar-refractivity contribution in [2.75, 3.05) is 17.2 Å². The molecule has 1 aromatic carbocycles. The third-order valence-corrected chi connectivity index (χ3v) is 3.80. The van der Waals surface area contributed by atoms with E-state index in [2.05, 4.69) is 27.9 Å². The number of fused-ring (bicyclic) bond motifs is 1. The number of nitrogens with zero attached hydrogens (tertiary/aromatic N) is 2. The topological polar surface area (TPSA) is 59.0 Å². The van der Waals surface area contributed by atoms with Crippen LogP contribution in [0.2, 0.25) is 0 Å². The van der Waals surface area contributed by atoms with Crippen LogP contribution in [0.15, 0.2) is 36.5 Å². The molecule has 21 heavy (non-hydrogen) atoms. The molecule has 1 aliphatic heterocycles. The predicted molar refractivity (Wildman–Crippen MR) is 83.4 cm³/mol. The molecular weight excluding hydrogens is 264 g/mol. The van der Waals surface area contributed by atoms with Crippen molar-refractivity contribution in [1.29, 1.82) is 0 Å². The molecule has 0 radical (unpaired) electrons. The molecule has 0 aliphatic carbocycles. The highest BCUT2D eigenvalue weighted by atomic mass is 16.2. The zero-order valence-electron chi connectivity index (χ0n) is 12.3. The van der Waals surface area contributed by atoms with Crippen LogP contribution in [-0.2, 0) is 11.2 Å². The summed E-state index contributed by atoms with van der Waals surface area (Å²) in [5.74, 6) is 0.740. The van der Waals surface area contributed by atoms with Crippen molar-refractivity contribution >= 4 is 17.4 Å². The van der Waals surface area contributed by atoms with Crippen molar-refractivity contribution in [2.45, 2.75) is 26.3 Å². The van der Waals surface area contributed by atoms with Crippen LogP contribution in [0.5, 0.6) is 0 Å². The van der Waals surface area contributed by atoms with Gasteiger partial charge in [-0.3, -0.25) is 4.79 Å². The van der Waals surface area contributed by atoms with E-state index in [4.69, 9.17) is 0 Å². The molecule has 5 nitrogen and oxygen atoms in total. The quantitative estimate of drug-likeness (QED) is 0.911. The average molecular weight is 284 g/mol. The van der Waals surface area contributed by atoms with Gasteiger partial charge >= 0.3 is 0 Å². The van der Waals surface area contributed by atoms with E-state index in [1.54, 1.807) is 6.20 Å². The Labute approximate surface area is 124 Å². The van der Waals surface area contributed by atoms with Crippen molar-refractivity contribution in [3.05, 3.63) is 42.1 Å². The molecule has 3 rings (SSSR count). The number of nitrogens with one attached hydrogen (secondary N) is 2. The molecule has 2 aromatic rings. The summed E-state index contributed by atoms with van der Waals surface area (Å²) in [6.45, 7) is 4.75. The summed E-state index contributed by atoms with van der Waals surface area (Å²) in [4.78, 5) is 12.5. The van der Waals surface area contributed by atoms with E-state index >= 15 is 0 Å². The normalized spacial score (nSPS) is 17.2. The number of carbonyl (C=O) groups is 1. The lowest BCUT2D eigenvalue weighted by molar-refractivity contribution is -0.119. The van der Waals surface area contributed by atoms with Gasteiger partial charge in [0.15, 0.2) is 0 Å². The number of hydrogen-bond donors (Lipinski definition) is 2. The minimum Gasteiger partial charge on any atom is -0.384 e. The minimum absolute atomic E-state index is 0.0411. The van der Waals surface area contributed by atoms with Crippen LogP contribution >= 0.6 is 0 Å². The maximum Gasteiger partial charge on any atom is 0.230 e. The molecule has 110 valence electrons. The third-order valence-electron chi connectivity index (χ3n) is 3.80. The number of benzene rings is 1. The van der Waals surface area contributed by atoms with Crippen LogP contribution in [0.4, 0.5) is 11.5 Å². The summed E-state index contributed by atoms with van der Waals surface area (Å²) in [7, 11) is 0. The molecule has 0 saturated heterocycles. The number of amides is 1. The molecule has 0 spiro atoms. The lowest BCUT2D eigenvalue weighted by atomic mass is 9.93. The van der Waals surface area contributed by atoms with Gasteiger partial charge in [-0.2, -0.15) is 5.10 Å². The molecule has 0 bridgehead atoms. The third kappa shape index (κ3) is 2.77. The molecule has 2 heterocycles. The Bertz CT molecular complexity index is 647. The monoisotopic (exact) mass is 284 g/mol. The summed E-state index contributed by atoms with van der Waals surface area (Å²) in [6, 6.07) is 10.2. The number of aromatic nitrogens is 2. The number of hydrogen-bond acceptors (Lipinski definition) is 3. The molecule has 1 aromatic heterocycles. The van der Waals surface area contributed by atoms with Gasteiger partial charge in [0.2, 0.25) is 5.91 Å². The number of anilines is 2. The molecule has 2 N–H and O–H groups in total. The minimum atomic E-state index is -0.0598. The fourth-order valence-electron chi connectivity index (χ4n) is 2.68. The van der Waals surface area contributed by atoms with E-state index in [0.29, 0.717) is 6.54 Å². The van der Waals surface area contributed by atoms with Gasteiger partial charge in [-0.05, 0) is 31.9 Å². The van der Waals surface area contributed by atoms with Crippen LogP contribution in [-0.4, -0.2) is 22.2 Å². The summed E-state index contributed by atoms with van der Waals surface area (Å²) in [5, 5.41) is 10.6. The first-order chi connectivity index (χ1) is 10.1. The Hall–Kier alpha value is -2.30. The Balaban J connectivity index is 1.71. The van der Waals surface area contributed by atoms with E-state index < -0.39 is 0 Å². The molecule has 1 aliphatic rings. The molecule has 1 unspecified atom stereocenters. The fourth-order valence-corrected chi connectivity index (χ4v) is 2.68. The number of para-hydroxylation sites is 1. The van der Waals surface area contributed by atoms with Crippen LogP contribution in [0.25, 0.3) is 0 Å². The van der Waals surface area contributed by atoms with E-state index in [9.17, 15) is 4.79 Å². The lowest BCUT2D eigenvalue weighted by Gasteiger charge is -2.25. The Morgan fingerprint density at radius 3 is 3.00 bits per heavy atom. The predicted octanol–water partition coefficient (Wildman–Crippen LogP) is 2.69. The van der Waals surface area contributed by atoms with Gasteiger partial charge in [0, 0.05) is 24.3 Å². The van der Waals surface area contributed by atoms with Crippen LogP contribution < -0.4 is 10.6 Å². The average Bonchev–Trinajstić information content (AvgIpc) is 2.95. The largest absolute Gasteiger partial charge is 0.384 e. The van der Waals surface area contributed by atoms with Gasteiger partial charge in [-0.15, -0.1) is 0 Å². The van der Waals surface area contributed by atoms with Crippen LogP contribution in [0.3, 0.4) is 0 Å². The van der Waals surface area contributed by atoms with E-state index in [-0.39, 0.29) is 17.9 Å². The smallest absolute Gasteiger partial charge is 0.230 e. The summed E-state index contributed by atoms with van der Waals surface area (Å²) >= 11 is 0. The van der Waals surface area contributed by atoms with Gasteiger partial charge < -0.3 is 10.6 Å². The second-order valence-electron chi connectivity index (χ2n) is 5.68. The maximum absolute atomic E-state index is 12.5. The fraction of sp³-hybridized carbons (Fsp3) is 0.375. The van der Waals surface area contributed by atoms with Crippen LogP contribution in [0.1, 0.15) is 25.5 Å². The van der Waals surface area contributed by atoms with E-state index in [1.165, 1.54) is 5.56 Å². The van der Waals surface area contributed by atoms with E-state index in [1.807, 2.05) is 36.7 Å². The second kappa shape index (κ2) is 5.60. The Morgan fingerprint density at radius 2 is 2.19 bits per heavy atom. The number of carbonyl (C=O) groups excluding carboxylic acids is 1. The summed E-state index contributed by atoms with van der Waals surface area (Å²) in [5.41, 5.74) is 2.33. The SMILES string of the molecule is CC(C)n1nccc1NC(=O)C1CNc2ccccc2C1. The first-order valence-corrected chi connectivity index (χ1v) is 7.31. The van der Waals surface area contributed by atoms with Crippen molar-refractivity contribution in [1.82, 2.24) is 9.78 Å². The second-order valence-corrected chi connectivity index (χ2v) is 5.68. The zero-order valence-corrected chi connectivity index (χ0v) is 12.3. The first kappa shape index (κ1) is 13.7. The maximum atomic E-state index is 12.5. The van der Waals surface area contributed by atoms with Gasteiger partial charge in [0.05, 0.1) is 12.1 Å². The van der Waals surface area contributed by atoms with Gasteiger partial charge in [-0.1, -0.05) is 18.2 Å². The van der Waals surface area contributed by atoms with Crippen molar-refractivity contribution in [2.24, 2.45) is 5.92 Å². The van der Waals surface area contributed by atoms with Crippen molar-refractivity contribution in [3.63, 3.8) is 0 Å². The molecule has 5 heteroatoms. The molecule has 1 atom stereocenters. The standard InChI is InChI=1S/C16H20N4O/c1-11(2)20-15(7-8-18-20)19-16(21)13-9-12-5-3-4-6-14(12)17-10-13/h3-8,11,13,17H,9-10H2,1-2H3,(H,19,21). The first-order valence-electron chi connectivity index (χ1n) is 7.31. The zero-order chi connectivity index (χ0) is 14.8. The molecule has 0 saturated carbocycles. The highest BCUT2D eigenvalue weighted by Crippen LogP contribution is 2.25. The van der Waals surface area contributed by atoms with Gasteiger partial charge in [0.1, 0.15) is 5.82 Å². The molecular formula is C16H20N4O. The Morgan fingerprint density at radius 1 is 1.38 bits per heavy atom. The van der Waals surface area contributed by atoms with Crippen LogP contribution in [0, 0.1) is 5.92 Å². The molecule has 1 amide bonds. The summed E-state index contributed by atoms with van der Waals surface area (Å²) in [6.07, 6.45) is 2.48. The number of rotatable bonds is 3. The van der Waals surface area contributed by atoms with E-state index in [0.717, 1.165) is 17.9 Å². The highest BCUT2D eigenvalue weighted by Gasteiger charge is 2.25. The lowest BCUT2D eigenvalue weighted by Crippen LogP contribution is -2.34. The highest BCUT2D eigenvalue weighted by molar-refractivity contribution is 5.92. The van der Waals surface area contributed by atoms with Gasteiger partial charge in [0.25, 0.3) is 0 Å². The molecule has 0 fully saturated rings. The summed E-state index contributed by atoms with van der Waals surface area (Å²) < 4.78 is 1.82.